The molecule has 0 aliphatic carbocycles. The number of hydrogen-bond acceptors (Lipinski definition) is 7. The summed E-state index contributed by atoms with van der Waals surface area (Å²) >= 11 is 0. The maximum absolute atomic E-state index is 12.3. The van der Waals surface area contributed by atoms with Gasteiger partial charge in [-0.25, -0.2) is 9.97 Å². The number of amides is 1. The van der Waals surface area contributed by atoms with E-state index >= 15 is 0 Å². The van der Waals surface area contributed by atoms with Crippen LogP contribution in [0, 0.1) is 0 Å². The minimum atomic E-state index is -0.358. The second-order valence-electron chi connectivity index (χ2n) is 5.66. The highest BCUT2D eigenvalue weighted by molar-refractivity contribution is 6.02. The predicted octanol–water partition coefficient (Wildman–Crippen LogP) is 3.50. The van der Waals surface area contributed by atoms with Crippen molar-refractivity contribution in [3.63, 3.8) is 0 Å². The minimum absolute atomic E-state index is 0.193. The fourth-order valence-electron chi connectivity index (χ4n) is 2.43. The van der Waals surface area contributed by atoms with Crippen LogP contribution >= 0.6 is 0 Å². The van der Waals surface area contributed by atoms with Gasteiger partial charge in [0.25, 0.3) is 5.91 Å². The molecule has 8 nitrogen and oxygen atoms in total. The van der Waals surface area contributed by atoms with Gasteiger partial charge in [-0.1, -0.05) is 0 Å². The van der Waals surface area contributed by atoms with Gasteiger partial charge in [0.2, 0.25) is 0 Å². The van der Waals surface area contributed by atoms with Gasteiger partial charge in [-0.05, 0) is 36.4 Å². The largest absolute Gasteiger partial charge is 0.497 e. The number of aromatic nitrogens is 2. The molecule has 0 aliphatic rings. The molecule has 0 atom stereocenters. The normalized spacial score (nSPS) is 10.1. The minimum Gasteiger partial charge on any atom is -0.497 e. The van der Waals surface area contributed by atoms with Gasteiger partial charge in [-0.3, -0.25) is 4.79 Å². The molecule has 1 heterocycles. The van der Waals surface area contributed by atoms with Crippen molar-refractivity contribution in [3.8, 4) is 17.2 Å². The van der Waals surface area contributed by atoms with E-state index in [0.717, 1.165) is 0 Å². The maximum atomic E-state index is 12.3. The van der Waals surface area contributed by atoms with Gasteiger partial charge in [0.05, 0.1) is 39.4 Å². The van der Waals surface area contributed by atoms with Crippen LogP contribution in [0.4, 0.5) is 17.2 Å². The molecule has 1 amide bonds. The first-order valence-electron chi connectivity index (χ1n) is 8.39. The zero-order valence-corrected chi connectivity index (χ0v) is 15.7. The Hall–Kier alpha value is -3.81. The first kappa shape index (κ1) is 19.0. The summed E-state index contributed by atoms with van der Waals surface area (Å²) in [7, 11) is 4.74. The number of nitrogens with one attached hydrogen (secondary N) is 2. The third-order valence-corrected chi connectivity index (χ3v) is 3.90. The number of carbonyl (C=O) groups excluding carboxylic acids is 1. The van der Waals surface area contributed by atoms with E-state index in [1.807, 2.05) is 0 Å². The molecule has 0 radical (unpaired) electrons. The average Bonchev–Trinajstić information content (AvgIpc) is 2.74. The number of ether oxygens (including phenoxy) is 3. The van der Waals surface area contributed by atoms with Crippen molar-refractivity contribution in [1.82, 2.24) is 9.97 Å². The van der Waals surface area contributed by atoms with E-state index in [9.17, 15) is 4.79 Å². The van der Waals surface area contributed by atoms with Gasteiger partial charge < -0.3 is 24.8 Å². The SMILES string of the molecule is COc1ccc(NC(=O)c2cnc(Nc3cc(OC)ccc3OC)cn2)cc1. The van der Waals surface area contributed by atoms with Crippen molar-refractivity contribution in [2.75, 3.05) is 32.0 Å². The summed E-state index contributed by atoms with van der Waals surface area (Å²) in [5.74, 6) is 2.12. The zero-order chi connectivity index (χ0) is 19.9. The van der Waals surface area contributed by atoms with Gasteiger partial charge >= 0.3 is 0 Å². The lowest BCUT2D eigenvalue weighted by Gasteiger charge is -2.12. The molecular formula is C20H20N4O4. The average molecular weight is 380 g/mol. The van der Waals surface area contributed by atoms with Gasteiger partial charge in [-0.15, -0.1) is 0 Å². The van der Waals surface area contributed by atoms with Crippen LogP contribution in [0.15, 0.2) is 54.9 Å². The molecular weight excluding hydrogens is 360 g/mol. The van der Waals surface area contributed by atoms with Crippen molar-refractivity contribution < 1.29 is 19.0 Å². The van der Waals surface area contributed by atoms with Gasteiger partial charge in [-0.2, -0.15) is 0 Å². The Kier molecular flexibility index (Phi) is 5.91. The first-order chi connectivity index (χ1) is 13.6. The van der Waals surface area contributed by atoms with Crippen LogP contribution < -0.4 is 24.8 Å². The third kappa shape index (κ3) is 4.47. The molecule has 2 N–H and O–H groups in total. The summed E-state index contributed by atoms with van der Waals surface area (Å²) in [6.07, 6.45) is 2.87. The lowest BCUT2D eigenvalue weighted by atomic mass is 10.2. The smallest absolute Gasteiger partial charge is 0.275 e. The summed E-state index contributed by atoms with van der Waals surface area (Å²) in [4.78, 5) is 20.7. The molecule has 0 unspecified atom stereocenters. The van der Waals surface area contributed by atoms with E-state index in [-0.39, 0.29) is 11.6 Å². The summed E-state index contributed by atoms with van der Waals surface area (Å²) in [5, 5.41) is 5.86. The van der Waals surface area contributed by atoms with Gasteiger partial charge in [0.15, 0.2) is 0 Å². The molecule has 1 aromatic heterocycles. The van der Waals surface area contributed by atoms with E-state index in [4.69, 9.17) is 14.2 Å². The molecule has 0 saturated heterocycles. The Labute approximate surface area is 162 Å². The molecule has 144 valence electrons. The highest BCUT2D eigenvalue weighted by Crippen LogP contribution is 2.30. The Morgan fingerprint density at radius 2 is 1.57 bits per heavy atom. The highest BCUT2D eigenvalue weighted by Gasteiger charge is 2.10. The Bertz CT molecular complexity index is 943. The molecule has 0 bridgehead atoms. The molecule has 28 heavy (non-hydrogen) atoms. The van der Waals surface area contributed by atoms with Crippen molar-refractivity contribution in [1.29, 1.82) is 0 Å². The number of benzene rings is 2. The summed E-state index contributed by atoms with van der Waals surface area (Å²) in [6, 6.07) is 12.4. The van der Waals surface area contributed by atoms with Crippen molar-refractivity contribution in [3.05, 3.63) is 60.6 Å². The molecule has 2 aromatic carbocycles. The molecule has 3 aromatic rings. The Morgan fingerprint density at radius 1 is 0.857 bits per heavy atom. The molecule has 0 aliphatic heterocycles. The zero-order valence-electron chi connectivity index (χ0n) is 15.7. The van der Waals surface area contributed by atoms with Crippen LogP contribution in [0.25, 0.3) is 0 Å². The van der Waals surface area contributed by atoms with E-state index in [0.29, 0.717) is 34.4 Å². The molecule has 0 fully saturated rings. The van der Waals surface area contributed by atoms with E-state index in [2.05, 4.69) is 20.6 Å². The lowest BCUT2D eigenvalue weighted by Crippen LogP contribution is -2.14. The van der Waals surface area contributed by atoms with Crippen LogP contribution in [0.3, 0.4) is 0 Å². The first-order valence-corrected chi connectivity index (χ1v) is 8.39. The van der Waals surface area contributed by atoms with Crippen LogP contribution in [-0.4, -0.2) is 37.2 Å². The molecule has 8 heteroatoms. The van der Waals surface area contributed by atoms with Crippen molar-refractivity contribution in [2.24, 2.45) is 0 Å². The summed E-state index contributed by atoms with van der Waals surface area (Å²) in [6.45, 7) is 0. The Balaban J connectivity index is 1.70. The van der Waals surface area contributed by atoms with Gasteiger partial charge in [0, 0.05) is 11.8 Å². The fourth-order valence-corrected chi connectivity index (χ4v) is 2.43. The topological polar surface area (TPSA) is 94.6 Å². The van der Waals surface area contributed by atoms with E-state index in [1.54, 1.807) is 63.8 Å². The highest BCUT2D eigenvalue weighted by atomic mass is 16.5. The molecule has 0 saturated carbocycles. The summed E-state index contributed by atoms with van der Waals surface area (Å²) < 4.78 is 15.6. The third-order valence-electron chi connectivity index (χ3n) is 3.90. The lowest BCUT2D eigenvalue weighted by molar-refractivity contribution is 0.102. The number of anilines is 3. The number of rotatable bonds is 7. The Morgan fingerprint density at radius 3 is 2.18 bits per heavy atom. The number of nitrogens with zero attached hydrogens (tertiary/aromatic N) is 2. The number of carbonyl (C=O) groups is 1. The number of methoxy groups -OCH3 is 3. The maximum Gasteiger partial charge on any atom is 0.275 e. The fraction of sp³-hybridized carbons (Fsp3) is 0.150. The van der Waals surface area contributed by atoms with Crippen LogP contribution in [0.1, 0.15) is 10.5 Å². The number of hydrogen-bond donors (Lipinski definition) is 2. The van der Waals surface area contributed by atoms with Gasteiger partial charge in [0.1, 0.15) is 28.8 Å². The monoisotopic (exact) mass is 380 g/mol. The molecule has 3 rings (SSSR count). The van der Waals surface area contributed by atoms with Crippen molar-refractivity contribution in [2.45, 2.75) is 0 Å². The van der Waals surface area contributed by atoms with E-state index in [1.165, 1.54) is 12.4 Å². The van der Waals surface area contributed by atoms with Crippen LogP contribution in [-0.2, 0) is 0 Å². The van der Waals surface area contributed by atoms with Crippen LogP contribution in [0.5, 0.6) is 17.2 Å². The second kappa shape index (κ2) is 8.72. The van der Waals surface area contributed by atoms with Crippen LogP contribution in [0.2, 0.25) is 0 Å². The van der Waals surface area contributed by atoms with E-state index < -0.39 is 0 Å². The second-order valence-corrected chi connectivity index (χ2v) is 5.66. The predicted molar refractivity (Wildman–Crippen MR) is 106 cm³/mol. The quantitative estimate of drug-likeness (QED) is 0.648. The standard InChI is InChI=1S/C20H20N4O4/c1-26-14-6-4-13(5-7-14)23-20(25)17-11-22-19(12-21-17)24-16-10-15(27-2)8-9-18(16)28-3/h4-12H,1-3H3,(H,22,24)(H,23,25). The summed E-state index contributed by atoms with van der Waals surface area (Å²) in [5.41, 5.74) is 1.50. The molecule has 0 spiro atoms. The van der Waals surface area contributed by atoms with Crippen molar-refractivity contribution >= 4 is 23.1 Å².